The highest BCUT2D eigenvalue weighted by atomic mass is 35.5. The lowest BCUT2D eigenvalue weighted by molar-refractivity contribution is 0.454. The zero-order valence-corrected chi connectivity index (χ0v) is 9.78. The number of halogens is 2. The Hall–Kier alpha value is -2.21. The number of benzene rings is 1. The lowest BCUT2D eigenvalue weighted by Crippen LogP contribution is -2.15. The molecule has 0 saturated carbocycles. The van der Waals surface area contributed by atoms with Gasteiger partial charge < -0.3 is 10.5 Å². The van der Waals surface area contributed by atoms with Gasteiger partial charge in [-0.2, -0.15) is 0 Å². The zero-order valence-electron chi connectivity index (χ0n) is 9.02. The SMILES string of the molecule is N=C(N)c1nccnc1Oc1ccc(Cl)c(F)c1. The van der Waals surface area contributed by atoms with Crippen molar-refractivity contribution in [3.63, 3.8) is 0 Å². The van der Waals surface area contributed by atoms with Crippen LogP contribution in [0.4, 0.5) is 4.39 Å². The molecule has 0 unspecified atom stereocenters. The number of nitrogens with zero attached hydrogens (tertiary/aromatic N) is 2. The summed E-state index contributed by atoms with van der Waals surface area (Å²) in [6.45, 7) is 0. The molecule has 2 aromatic rings. The third-order valence-electron chi connectivity index (χ3n) is 2.03. The fourth-order valence-electron chi connectivity index (χ4n) is 1.24. The van der Waals surface area contributed by atoms with Gasteiger partial charge in [0, 0.05) is 18.5 Å². The second-order valence-corrected chi connectivity index (χ2v) is 3.71. The lowest BCUT2D eigenvalue weighted by atomic mass is 10.3. The molecule has 18 heavy (non-hydrogen) atoms. The van der Waals surface area contributed by atoms with E-state index in [4.69, 9.17) is 27.5 Å². The Kier molecular flexibility index (Phi) is 3.38. The van der Waals surface area contributed by atoms with Crippen LogP contribution in [-0.2, 0) is 0 Å². The molecule has 1 heterocycles. The second kappa shape index (κ2) is 4.97. The van der Waals surface area contributed by atoms with E-state index >= 15 is 0 Å². The fraction of sp³-hybridized carbons (Fsp3) is 0. The number of hydrogen-bond acceptors (Lipinski definition) is 4. The van der Waals surface area contributed by atoms with Crippen LogP contribution >= 0.6 is 11.6 Å². The van der Waals surface area contributed by atoms with Gasteiger partial charge in [-0.3, -0.25) is 5.41 Å². The van der Waals surface area contributed by atoms with Crippen molar-refractivity contribution in [3.8, 4) is 11.6 Å². The average molecular weight is 267 g/mol. The van der Waals surface area contributed by atoms with Gasteiger partial charge in [0.15, 0.2) is 5.69 Å². The Bertz CT molecular complexity index is 605. The first-order valence-electron chi connectivity index (χ1n) is 4.86. The van der Waals surface area contributed by atoms with Crippen molar-refractivity contribution in [2.24, 2.45) is 5.73 Å². The first-order valence-corrected chi connectivity index (χ1v) is 5.24. The van der Waals surface area contributed by atoms with Crippen LogP contribution in [0.2, 0.25) is 5.02 Å². The summed E-state index contributed by atoms with van der Waals surface area (Å²) in [6.07, 6.45) is 2.76. The van der Waals surface area contributed by atoms with E-state index in [-0.39, 0.29) is 28.2 Å². The van der Waals surface area contributed by atoms with E-state index in [0.717, 1.165) is 6.07 Å². The maximum atomic E-state index is 13.2. The van der Waals surface area contributed by atoms with Gasteiger partial charge in [0.25, 0.3) is 0 Å². The molecule has 0 aliphatic rings. The standard InChI is InChI=1S/C11H8ClFN4O/c12-7-2-1-6(5-8(7)13)18-11-9(10(14)15)16-3-4-17-11/h1-5H,(H3,14,15). The van der Waals surface area contributed by atoms with Gasteiger partial charge in [-0.1, -0.05) is 11.6 Å². The Balaban J connectivity index is 2.34. The summed E-state index contributed by atoms with van der Waals surface area (Å²) in [4.78, 5) is 7.74. The number of hydrogen-bond donors (Lipinski definition) is 2. The van der Waals surface area contributed by atoms with Crippen molar-refractivity contribution in [2.45, 2.75) is 0 Å². The molecule has 0 aliphatic heterocycles. The number of nitrogen functional groups attached to an aromatic ring is 1. The van der Waals surface area contributed by atoms with E-state index < -0.39 is 5.82 Å². The molecule has 1 aromatic heterocycles. The average Bonchev–Trinajstić information content (AvgIpc) is 2.34. The van der Waals surface area contributed by atoms with Gasteiger partial charge in [-0.25, -0.2) is 14.4 Å². The summed E-state index contributed by atoms with van der Waals surface area (Å²) < 4.78 is 18.5. The lowest BCUT2D eigenvalue weighted by Gasteiger charge is -2.08. The van der Waals surface area contributed by atoms with E-state index in [1.807, 2.05) is 0 Å². The van der Waals surface area contributed by atoms with Gasteiger partial charge in [0.2, 0.25) is 5.88 Å². The number of ether oxygens (including phenoxy) is 1. The van der Waals surface area contributed by atoms with Gasteiger partial charge in [0.05, 0.1) is 5.02 Å². The second-order valence-electron chi connectivity index (χ2n) is 3.30. The van der Waals surface area contributed by atoms with E-state index in [9.17, 15) is 4.39 Å². The van der Waals surface area contributed by atoms with Crippen LogP contribution in [0.25, 0.3) is 0 Å². The van der Waals surface area contributed by atoms with Crippen LogP contribution in [0.1, 0.15) is 5.69 Å². The molecule has 0 spiro atoms. The summed E-state index contributed by atoms with van der Waals surface area (Å²) in [5, 5.41) is 7.31. The van der Waals surface area contributed by atoms with Crippen LogP contribution in [0.3, 0.4) is 0 Å². The summed E-state index contributed by atoms with van der Waals surface area (Å²) in [5.41, 5.74) is 5.42. The van der Waals surface area contributed by atoms with Crippen molar-refractivity contribution in [3.05, 3.63) is 47.1 Å². The van der Waals surface area contributed by atoms with E-state index in [1.165, 1.54) is 24.5 Å². The molecule has 1 aromatic carbocycles. The van der Waals surface area contributed by atoms with Gasteiger partial charge in [0.1, 0.15) is 17.4 Å². The number of rotatable bonds is 3. The summed E-state index contributed by atoms with van der Waals surface area (Å²) in [5.74, 6) is -0.665. The van der Waals surface area contributed by atoms with Gasteiger partial charge >= 0.3 is 0 Å². The molecule has 0 bridgehead atoms. The molecule has 7 heteroatoms. The van der Waals surface area contributed by atoms with Crippen molar-refractivity contribution in [1.29, 1.82) is 5.41 Å². The van der Waals surface area contributed by atoms with E-state index in [0.29, 0.717) is 0 Å². The molecule has 0 fully saturated rings. The van der Waals surface area contributed by atoms with E-state index in [2.05, 4.69) is 9.97 Å². The van der Waals surface area contributed by atoms with Crippen LogP contribution < -0.4 is 10.5 Å². The topological polar surface area (TPSA) is 84.9 Å². The molecule has 0 saturated heterocycles. The minimum absolute atomic E-state index is 0.00622. The number of aromatic nitrogens is 2. The predicted molar refractivity (Wildman–Crippen MR) is 64.5 cm³/mol. The predicted octanol–water partition coefficient (Wildman–Crippen LogP) is 2.35. The van der Waals surface area contributed by atoms with Crippen molar-refractivity contribution < 1.29 is 9.13 Å². The Morgan fingerprint density at radius 2 is 2.06 bits per heavy atom. The van der Waals surface area contributed by atoms with Crippen LogP contribution in [0, 0.1) is 11.2 Å². The number of nitrogens with one attached hydrogen (secondary N) is 1. The quantitative estimate of drug-likeness (QED) is 0.660. The molecular formula is C11H8ClFN4O. The normalized spacial score (nSPS) is 10.1. The smallest absolute Gasteiger partial charge is 0.249 e. The Labute approximate surface area is 107 Å². The fourth-order valence-corrected chi connectivity index (χ4v) is 1.35. The minimum Gasteiger partial charge on any atom is -0.437 e. The third-order valence-corrected chi connectivity index (χ3v) is 2.33. The zero-order chi connectivity index (χ0) is 13.1. The molecule has 5 nitrogen and oxygen atoms in total. The van der Waals surface area contributed by atoms with Crippen LogP contribution in [-0.4, -0.2) is 15.8 Å². The molecular weight excluding hydrogens is 259 g/mol. The van der Waals surface area contributed by atoms with Crippen LogP contribution in [0.5, 0.6) is 11.6 Å². The summed E-state index contributed by atoms with van der Waals surface area (Å²) >= 11 is 5.55. The maximum Gasteiger partial charge on any atom is 0.249 e. The van der Waals surface area contributed by atoms with Gasteiger partial charge in [-0.15, -0.1) is 0 Å². The van der Waals surface area contributed by atoms with Crippen molar-refractivity contribution >= 4 is 17.4 Å². The molecule has 2 rings (SSSR count). The first-order chi connectivity index (χ1) is 8.58. The van der Waals surface area contributed by atoms with Crippen molar-refractivity contribution in [1.82, 2.24) is 9.97 Å². The molecule has 0 aliphatic carbocycles. The Morgan fingerprint density at radius 3 is 2.72 bits per heavy atom. The number of nitrogens with two attached hydrogens (primary N) is 1. The van der Waals surface area contributed by atoms with E-state index in [1.54, 1.807) is 0 Å². The molecule has 92 valence electrons. The molecule has 0 amide bonds. The Morgan fingerprint density at radius 1 is 1.33 bits per heavy atom. The highest BCUT2D eigenvalue weighted by Gasteiger charge is 2.11. The highest BCUT2D eigenvalue weighted by Crippen LogP contribution is 2.25. The monoisotopic (exact) mass is 266 g/mol. The summed E-state index contributed by atoms with van der Waals surface area (Å²) in [7, 11) is 0. The first kappa shape index (κ1) is 12.3. The van der Waals surface area contributed by atoms with Crippen molar-refractivity contribution in [2.75, 3.05) is 0 Å². The molecule has 0 atom stereocenters. The highest BCUT2D eigenvalue weighted by molar-refractivity contribution is 6.30. The third kappa shape index (κ3) is 2.54. The minimum atomic E-state index is -0.609. The largest absolute Gasteiger partial charge is 0.437 e. The van der Waals surface area contributed by atoms with Crippen LogP contribution in [0.15, 0.2) is 30.6 Å². The van der Waals surface area contributed by atoms with Gasteiger partial charge in [-0.05, 0) is 12.1 Å². The molecule has 3 N–H and O–H groups in total. The summed E-state index contributed by atoms with van der Waals surface area (Å²) in [6, 6.07) is 3.95. The molecule has 0 radical (unpaired) electrons. The maximum absolute atomic E-state index is 13.2. The number of amidine groups is 1.